The molecule has 0 saturated carbocycles. The van der Waals surface area contributed by atoms with Crippen molar-refractivity contribution in [3.05, 3.63) is 18.2 Å². The molecule has 1 aromatic heterocycles. The highest BCUT2D eigenvalue weighted by atomic mass is 15.1. The molecule has 0 N–H and O–H groups in total. The van der Waals surface area contributed by atoms with Gasteiger partial charge in [0, 0.05) is 6.42 Å². The molecule has 0 bridgehead atoms. The molecule has 0 spiro atoms. The highest BCUT2D eigenvalue weighted by molar-refractivity contribution is 4.84. The van der Waals surface area contributed by atoms with Crippen molar-refractivity contribution < 1.29 is 4.57 Å². The molecule has 1 rings (SSSR count). The van der Waals surface area contributed by atoms with Crippen LogP contribution in [-0.2, 0) is 19.5 Å². The monoisotopic (exact) mass is 461 g/mol. The minimum absolute atomic E-state index is 1.20. The van der Waals surface area contributed by atoms with Gasteiger partial charge in [0.2, 0.25) is 0 Å². The van der Waals surface area contributed by atoms with Crippen LogP contribution in [0.15, 0.2) is 12.4 Å². The molecule has 0 fully saturated rings. The lowest BCUT2D eigenvalue weighted by Crippen LogP contribution is -2.37. The Morgan fingerprint density at radius 1 is 0.515 bits per heavy atom. The van der Waals surface area contributed by atoms with Crippen LogP contribution in [0.25, 0.3) is 0 Å². The van der Waals surface area contributed by atoms with Gasteiger partial charge in [0.1, 0.15) is 12.4 Å². The van der Waals surface area contributed by atoms with Gasteiger partial charge in [-0.15, -0.1) is 0 Å². The van der Waals surface area contributed by atoms with Gasteiger partial charge < -0.3 is 0 Å². The van der Waals surface area contributed by atoms with Crippen LogP contribution in [0.4, 0.5) is 0 Å². The van der Waals surface area contributed by atoms with Gasteiger partial charge in [-0.05, 0) is 25.7 Å². The maximum atomic E-state index is 2.59. The van der Waals surface area contributed by atoms with Crippen LogP contribution in [0.3, 0.4) is 0 Å². The Bertz CT molecular complexity index is 519. The molecular formula is C31H61N2+. The lowest BCUT2D eigenvalue weighted by Gasteiger charge is -2.06. The first-order valence-electron chi connectivity index (χ1n) is 15.4. The smallest absolute Gasteiger partial charge is 0.234 e. The van der Waals surface area contributed by atoms with E-state index in [9.17, 15) is 0 Å². The topological polar surface area (TPSA) is 8.81 Å². The van der Waals surface area contributed by atoms with Crippen molar-refractivity contribution in [2.75, 3.05) is 0 Å². The van der Waals surface area contributed by atoms with Crippen LogP contribution in [0, 0.1) is 0 Å². The van der Waals surface area contributed by atoms with Gasteiger partial charge in [0.15, 0.2) is 0 Å². The van der Waals surface area contributed by atoms with Gasteiger partial charge in [-0.1, -0.05) is 136 Å². The third-order valence-corrected chi connectivity index (χ3v) is 7.35. The number of hydrogen-bond acceptors (Lipinski definition) is 0. The predicted octanol–water partition coefficient (Wildman–Crippen LogP) is 9.96. The zero-order valence-electron chi connectivity index (χ0n) is 23.2. The summed E-state index contributed by atoms with van der Waals surface area (Å²) in [5, 5.41) is 0. The summed E-state index contributed by atoms with van der Waals surface area (Å²) in [6.45, 7) is 9.34. The molecule has 0 aliphatic heterocycles. The molecule has 194 valence electrons. The highest BCUT2D eigenvalue weighted by Gasteiger charge is 2.16. The molecule has 0 saturated heterocycles. The standard InChI is InChI=1S/C31H61N2/c1-4-7-10-12-14-15-16-17-18-19-20-22-24-26-31-32(27-9-6-3)29-30-33(31)28-25-23-21-13-11-8-5-2/h29-30H,4-28H2,1-3H3/q+1. The molecule has 2 nitrogen and oxygen atoms in total. The number of nitrogens with zero attached hydrogens (tertiary/aromatic N) is 2. The molecule has 1 heterocycles. The lowest BCUT2D eigenvalue weighted by molar-refractivity contribution is -0.704. The van der Waals surface area contributed by atoms with Crippen molar-refractivity contribution in [2.24, 2.45) is 0 Å². The van der Waals surface area contributed by atoms with E-state index in [-0.39, 0.29) is 0 Å². The zero-order chi connectivity index (χ0) is 23.8. The summed E-state index contributed by atoms with van der Waals surface area (Å²) in [6, 6.07) is 0. The summed E-state index contributed by atoms with van der Waals surface area (Å²) in [7, 11) is 0. The van der Waals surface area contributed by atoms with Gasteiger partial charge >= 0.3 is 0 Å². The average molecular weight is 462 g/mol. The van der Waals surface area contributed by atoms with Crippen LogP contribution < -0.4 is 4.57 Å². The summed E-state index contributed by atoms with van der Waals surface area (Å²) < 4.78 is 5.15. The van der Waals surface area contributed by atoms with E-state index in [1.165, 1.54) is 161 Å². The number of aryl methyl sites for hydroxylation is 2. The molecule has 0 atom stereocenters. The first kappa shape index (κ1) is 30.2. The van der Waals surface area contributed by atoms with Crippen molar-refractivity contribution in [1.82, 2.24) is 4.57 Å². The van der Waals surface area contributed by atoms with Crippen molar-refractivity contribution in [2.45, 2.75) is 182 Å². The van der Waals surface area contributed by atoms with Crippen LogP contribution in [0.5, 0.6) is 0 Å². The number of imidazole rings is 1. The van der Waals surface area contributed by atoms with E-state index in [2.05, 4.69) is 42.3 Å². The normalized spacial score (nSPS) is 11.5. The molecule has 0 unspecified atom stereocenters. The first-order chi connectivity index (χ1) is 16.3. The van der Waals surface area contributed by atoms with E-state index in [0.29, 0.717) is 0 Å². The van der Waals surface area contributed by atoms with Gasteiger partial charge in [-0.25, -0.2) is 9.13 Å². The van der Waals surface area contributed by atoms with E-state index in [0.717, 1.165) is 0 Å². The van der Waals surface area contributed by atoms with E-state index in [1.54, 1.807) is 5.82 Å². The maximum Gasteiger partial charge on any atom is 0.256 e. The fraction of sp³-hybridized carbons (Fsp3) is 0.903. The Morgan fingerprint density at radius 2 is 0.939 bits per heavy atom. The number of rotatable bonds is 25. The number of unbranched alkanes of at least 4 members (excludes halogenated alkanes) is 19. The second-order valence-electron chi connectivity index (χ2n) is 10.6. The Labute approximate surface area is 208 Å². The lowest BCUT2D eigenvalue weighted by atomic mass is 10.0. The van der Waals surface area contributed by atoms with Crippen molar-refractivity contribution in [3.8, 4) is 0 Å². The second kappa shape index (κ2) is 23.0. The number of aromatic nitrogens is 2. The number of hydrogen-bond donors (Lipinski definition) is 0. The van der Waals surface area contributed by atoms with Gasteiger partial charge in [-0.3, -0.25) is 0 Å². The second-order valence-corrected chi connectivity index (χ2v) is 10.6. The molecule has 2 heteroatoms. The fourth-order valence-electron chi connectivity index (χ4n) is 5.06. The average Bonchev–Trinajstić information content (AvgIpc) is 3.21. The molecule has 0 radical (unpaired) electrons. The Kier molecular flexibility index (Phi) is 21.1. The van der Waals surface area contributed by atoms with Crippen molar-refractivity contribution >= 4 is 0 Å². The minimum atomic E-state index is 1.20. The zero-order valence-corrected chi connectivity index (χ0v) is 23.2. The van der Waals surface area contributed by atoms with Crippen LogP contribution >= 0.6 is 0 Å². The van der Waals surface area contributed by atoms with Gasteiger partial charge in [0.25, 0.3) is 5.82 Å². The first-order valence-corrected chi connectivity index (χ1v) is 15.4. The van der Waals surface area contributed by atoms with E-state index in [4.69, 9.17) is 0 Å². The van der Waals surface area contributed by atoms with Crippen LogP contribution in [0.2, 0.25) is 0 Å². The van der Waals surface area contributed by atoms with Crippen molar-refractivity contribution in [1.29, 1.82) is 0 Å². The molecule has 0 aromatic carbocycles. The third-order valence-electron chi connectivity index (χ3n) is 7.35. The van der Waals surface area contributed by atoms with Gasteiger partial charge in [-0.2, -0.15) is 0 Å². The highest BCUT2D eigenvalue weighted by Crippen LogP contribution is 2.14. The summed E-state index contributed by atoms with van der Waals surface area (Å²) >= 11 is 0. The maximum absolute atomic E-state index is 2.59. The van der Waals surface area contributed by atoms with E-state index in [1.807, 2.05) is 0 Å². The summed E-state index contributed by atoms with van der Waals surface area (Å²) in [6.07, 6.45) is 37.1. The Morgan fingerprint density at radius 3 is 1.42 bits per heavy atom. The van der Waals surface area contributed by atoms with Crippen molar-refractivity contribution in [3.63, 3.8) is 0 Å². The summed E-state index contributed by atoms with van der Waals surface area (Å²) in [5.74, 6) is 1.59. The largest absolute Gasteiger partial charge is 0.256 e. The van der Waals surface area contributed by atoms with E-state index < -0.39 is 0 Å². The molecule has 0 aliphatic rings. The minimum Gasteiger partial charge on any atom is -0.234 e. The van der Waals surface area contributed by atoms with Crippen LogP contribution in [0.1, 0.15) is 168 Å². The predicted molar refractivity (Wildman–Crippen MR) is 147 cm³/mol. The molecular weight excluding hydrogens is 400 g/mol. The SMILES string of the molecule is CCCCCCCCCCCCCCCc1n(CCCC)cc[n+]1CCCCCCCCC. The quantitative estimate of drug-likeness (QED) is 0.101. The molecule has 0 aliphatic carbocycles. The summed E-state index contributed by atoms with van der Waals surface area (Å²) in [4.78, 5) is 0. The van der Waals surface area contributed by atoms with Gasteiger partial charge in [0.05, 0.1) is 13.1 Å². The fourth-order valence-corrected chi connectivity index (χ4v) is 5.06. The molecule has 0 amide bonds. The Balaban J connectivity index is 2.17. The summed E-state index contributed by atoms with van der Waals surface area (Å²) in [5.41, 5.74) is 0. The van der Waals surface area contributed by atoms with Crippen LogP contribution in [-0.4, -0.2) is 4.57 Å². The third kappa shape index (κ3) is 16.5. The molecule has 1 aromatic rings. The Hall–Kier alpha value is -0.790. The molecule has 33 heavy (non-hydrogen) atoms. The van der Waals surface area contributed by atoms with E-state index >= 15 is 0 Å².